The quantitative estimate of drug-likeness (QED) is 0.640. The molecule has 23 heavy (non-hydrogen) atoms. The molecule has 1 aliphatic heterocycles. The first-order valence-electron chi connectivity index (χ1n) is 7.86. The summed E-state index contributed by atoms with van der Waals surface area (Å²) >= 11 is 0. The third-order valence-corrected chi connectivity index (χ3v) is 4.23. The number of hydrogen-bond donors (Lipinski definition) is 0. The molecule has 1 fully saturated rings. The van der Waals surface area contributed by atoms with E-state index in [0.717, 1.165) is 36.0 Å². The van der Waals surface area contributed by atoms with Crippen molar-refractivity contribution in [3.63, 3.8) is 0 Å². The van der Waals surface area contributed by atoms with Gasteiger partial charge in [-0.25, -0.2) is 9.97 Å². The van der Waals surface area contributed by atoms with Crippen LogP contribution in [0.2, 0.25) is 0 Å². The zero-order valence-electron chi connectivity index (χ0n) is 13.8. The van der Waals surface area contributed by atoms with Gasteiger partial charge in [0.2, 0.25) is 5.95 Å². The fraction of sp³-hybridized carbons (Fsp3) is 0.412. The lowest BCUT2D eigenvalue weighted by molar-refractivity contribution is 0.104. The van der Waals surface area contributed by atoms with Crippen molar-refractivity contribution in [2.24, 2.45) is 7.05 Å². The van der Waals surface area contributed by atoms with E-state index in [1.807, 2.05) is 20.9 Å². The molecular weight excluding hydrogens is 290 g/mol. The zero-order chi connectivity index (χ0) is 16.4. The van der Waals surface area contributed by atoms with Crippen LogP contribution >= 0.6 is 0 Å². The minimum atomic E-state index is -0.0447. The molecule has 1 aliphatic rings. The second-order valence-corrected chi connectivity index (χ2v) is 5.88. The number of aromatic nitrogens is 4. The molecule has 0 atom stereocenters. The first kappa shape index (κ1) is 15.4. The van der Waals surface area contributed by atoms with Gasteiger partial charge < -0.3 is 4.90 Å². The van der Waals surface area contributed by atoms with Crippen LogP contribution in [0.4, 0.5) is 5.95 Å². The molecule has 0 N–H and O–H groups in total. The third kappa shape index (κ3) is 3.16. The number of aryl methyl sites for hydroxylation is 2. The van der Waals surface area contributed by atoms with Crippen LogP contribution < -0.4 is 4.90 Å². The molecule has 0 aromatic carbocycles. The molecule has 0 spiro atoms. The molecule has 0 amide bonds. The number of nitrogens with zero attached hydrogens (tertiary/aromatic N) is 5. The number of rotatable bonds is 4. The van der Waals surface area contributed by atoms with Crippen molar-refractivity contribution >= 4 is 17.8 Å². The molecule has 6 nitrogen and oxygen atoms in total. The van der Waals surface area contributed by atoms with Crippen LogP contribution in [0.3, 0.4) is 0 Å². The van der Waals surface area contributed by atoms with Gasteiger partial charge in [-0.2, -0.15) is 5.10 Å². The molecule has 120 valence electrons. The van der Waals surface area contributed by atoms with Crippen LogP contribution in [0.15, 0.2) is 18.5 Å². The average Bonchev–Trinajstić information content (AvgIpc) is 3.15. The summed E-state index contributed by atoms with van der Waals surface area (Å²) in [6.07, 6.45) is 9.22. The van der Waals surface area contributed by atoms with Gasteiger partial charge in [0, 0.05) is 43.8 Å². The Hall–Kier alpha value is -2.50. The number of carbonyl (C=O) groups is 1. The predicted molar refractivity (Wildman–Crippen MR) is 89.5 cm³/mol. The van der Waals surface area contributed by atoms with E-state index in [2.05, 4.69) is 20.0 Å². The van der Waals surface area contributed by atoms with Gasteiger partial charge in [-0.05, 0) is 38.8 Å². The number of allylic oxidation sites excluding steroid dienone is 1. The normalized spacial score (nSPS) is 14.8. The fourth-order valence-corrected chi connectivity index (χ4v) is 2.88. The standard InChI is InChI=1S/C17H21N5O/c1-12-16(13(2)21(3)20-12)15(23)7-6-14-10-18-17(19-11-14)22-8-4-5-9-22/h6-7,10-11H,4-5,8-9H2,1-3H3. The Morgan fingerprint density at radius 1 is 1.17 bits per heavy atom. The van der Waals surface area contributed by atoms with Gasteiger partial charge in [-0.3, -0.25) is 9.48 Å². The maximum absolute atomic E-state index is 12.4. The van der Waals surface area contributed by atoms with E-state index < -0.39 is 0 Å². The Kier molecular flexibility index (Phi) is 4.23. The second-order valence-electron chi connectivity index (χ2n) is 5.88. The van der Waals surface area contributed by atoms with E-state index >= 15 is 0 Å². The van der Waals surface area contributed by atoms with Crippen molar-refractivity contribution in [1.82, 2.24) is 19.7 Å². The molecule has 0 radical (unpaired) electrons. The molecule has 0 aliphatic carbocycles. The minimum Gasteiger partial charge on any atom is -0.341 e. The molecule has 6 heteroatoms. The van der Waals surface area contributed by atoms with Gasteiger partial charge in [0.15, 0.2) is 5.78 Å². The summed E-state index contributed by atoms with van der Waals surface area (Å²) in [6.45, 7) is 5.79. The van der Waals surface area contributed by atoms with Crippen LogP contribution in [-0.2, 0) is 7.05 Å². The first-order valence-corrected chi connectivity index (χ1v) is 7.86. The van der Waals surface area contributed by atoms with Gasteiger partial charge in [0.25, 0.3) is 0 Å². The Balaban J connectivity index is 1.73. The maximum Gasteiger partial charge on any atom is 0.225 e. The molecule has 0 saturated carbocycles. The predicted octanol–water partition coefficient (Wildman–Crippen LogP) is 2.32. The van der Waals surface area contributed by atoms with Gasteiger partial charge in [-0.1, -0.05) is 0 Å². The summed E-state index contributed by atoms with van der Waals surface area (Å²) in [5.41, 5.74) is 3.11. The van der Waals surface area contributed by atoms with Gasteiger partial charge in [0.1, 0.15) is 0 Å². The largest absolute Gasteiger partial charge is 0.341 e. The zero-order valence-corrected chi connectivity index (χ0v) is 13.8. The molecule has 2 aromatic heterocycles. The Morgan fingerprint density at radius 2 is 1.83 bits per heavy atom. The summed E-state index contributed by atoms with van der Waals surface area (Å²) in [6, 6.07) is 0. The van der Waals surface area contributed by atoms with Crippen LogP contribution in [0.5, 0.6) is 0 Å². The van der Waals surface area contributed by atoms with Gasteiger partial charge in [0.05, 0.1) is 11.3 Å². The van der Waals surface area contributed by atoms with Crippen LogP contribution in [-0.4, -0.2) is 38.6 Å². The van der Waals surface area contributed by atoms with E-state index in [1.165, 1.54) is 12.8 Å². The van der Waals surface area contributed by atoms with E-state index in [4.69, 9.17) is 0 Å². The summed E-state index contributed by atoms with van der Waals surface area (Å²) in [7, 11) is 1.84. The van der Waals surface area contributed by atoms with Crippen molar-refractivity contribution in [3.8, 4) is 0 Å². The van der Waals surface area contributed by atoms with Crippen molar-refractivity contribution in [3.05, 3.63) is 41.0 Å². The van der Waals surface area contributed by atoms with Crippen molar-refractivity contribution in [1.29, 1.82) is 0 Å². The summed E-state index contributed by atoms with van der Waals surface area (Å²) in [5.74, 6) is 0.724. The van der Waals surface area contributed by atoms with E-state index in [9.17, 15) is 4.79 Å². The molecule has 3 rings (SSSR count). The van der Waals surface area contributed by atoms with E-state index in [0.29, 0.717) is 5.56 Å². The molecule has 1 saturated heterocycles. The number of carbonyl (C=O) groups excluding carboxylic acids is 1. The Morgan fingerprint density at radius 3 is 2.39 bits per heavy atom. The summed E-state index contributed by atoms with van der Waals surface area (Å²) in [4.78, 5) is 23.3. The van der Waals surface area contributed by atoms with Gasteiger partial charge >= 0.3 is 0 Å². The molecule has 3 heterocycles. The minimum absolute atomic E-state index is 0.0447. The number of hydrogen-bond acceptors (Lipinski definition) is 5. The lowest BCUT2D eigenvalue weighted by atomic mass is 10.1. The van der Waals surface area contributed by atoms with E-state index in [1.54, 1.807) is 29.2 Å². The fourth-order valence-electron chi connectivity index (χ4n) is 2.88. The number of anilines is 1. The highest BCUT2D eigenvalue weighted by molar-refractivity contribution is 6.08. The van der Waals surface area contributed by atoms with Gasteiger partial charge in [-0.15, -0.1) is 0 Å². The summed E-state index contributed by atoms with van der Waals surface area (Å²) < 4.78 is 1.73. The van der Waals surface area contributed by atoms with Crippen LogP contribution in [0, 0.1) is 13.8 Å². The number of ketones is 1. The smallest absolute Gasteiger partial charge is 0.225 e. The average molecular weight is 311 g/mol. The van der Waals surface area contributed by atoms with Crippen molar-refractivity contribution in [2.45, 2.75) is 26.7 Å². The van der Waals surface area contributed by atoms with Crippen molar-refractivity contribution < 1.29 is 4.79 Å². The Bertz CT molecular complexity index is 739. The van der Waals surface area contributed by atoms with Crippen molar-refractivity contribution in [2.75, 3.05) is 18.0 Å². The summed E-state index contributed by atoms with van der Waals surface area (Å²) in [5, 5.41) is 4.27. The van der Waals surface area contributed by atoms with Crippen LogP contribution in [0.1, 0.15) is 40.2 Å². The van der Waals surface area contributed by atoms with Crippen LogP contribution in [0.25, 0.3) is 6.08 Å². The highest BCUT2D eigenvalue weighted by Crippen LogP contribution is 2.16. The molecule has 2 aromatic rings. The molecule has 0 unspecified atom stereocenters. The topological polar surface area (TPSA) is 63.9 Å². The molecule has 0 bridgehead atoms. The monoisotopic (exact) mass is 311 g/mol. The SMILES string of the molecule is Cc1nn(C)c(C)c1C(=O)C=Cc1cnc(N2CCCC2)nc1. The molecular formula is C17H21N5O. The third-order valence-electron chi connectivity index (χ3n) is 4.23. The first-order chi connectivity index (χ1) is 11.1. The Labute approximate surface area is 135 Å². The lowest BCUT2D eigenvalue weighted by Gasteiger charge is -2.14. The maximum atomic E-state index is 12.4. The second kappa shape index (κ2) is 6.32. The lowest BCUT2D eigenvalue weighted by Crippen LogP contribution is -2.20. The highest BCUT2D eigenvalue weighted by atomic mass is 16.1. The highest BCUT2D eigenvalue weighted by Gasteiger charge is 2.15. The van der Waals surface area contributed by atoms with E-state index in [-0.39, 0.29) is 5.78 Å².